The lowest BCUT2D eigenvalue weighted by atomic mass is 10.2. The Morgan fingerprint density at radius 1 is 1.15 bits per heavy atom. The number of halogens is 4. The molecule has 9 heteroatoms. The van der Waals surface area contributed by atoms with Gasteiger partial charge in [0, 0.05) is 23.2 Å². The first-order valence-corrected chi connectivity index (χ1v) is 9.28. The summed E-state index contributed by atoms with van der Waals surface area (Å²) >= 11 is 7.08. The molecule has 0 heterocycles. The van der Waals surface area contributed by atoms with Crippen LogP contribution in [0.4, 0.5) is 18.9 Å². The van der Waals surface area contributed by atoms with Crippen LogP contribution >= 0.6 is 23.4 Å². The normalized spacial score (nSPS) is 11.2. The average Bonchev–Trinajstić information content (AvgIpc) is 2.61. The van der Waals surface area contributed by atoms with Crippen molar-refractivity contribution in [1.29, 1.82) is 0 Å². The van der Waals surface area contributed by atoms with Crippen molar-refractivity contribution in [3.05, 3.63) is 58.6 Å². The van der Waals surface area contributed by atoms with Crippen LogP contribution in [0.5, 0.6) is 0 Å². The summed E-state index contributed by atoms with van der Waals surface area (Å²) in [7, 11) is 1.44. The molecule has 144 valence electrons. The zero-order valence-corrected chi connectivity index (χ0v) is 16.0. The number of nitrogens with zero attached hydrogens (tertiary/aromatic N) is 1. The highest BCUT2D eigenvalue weighted by molar-refractivity contribution is 7.98. The van der Waals surface area contributed by atoms with Crippen molar-refractivity contribution in [2.75, 3.05) is 25.2 Å². The highest BCUT2D eigenvalue weighted by Gasteiger charge is 2.33. The number of likely N-dealkylation sites (N-methyl/N-ethyl adjacent to an activating group) is 1. The summed E-state index contributed by atoms with van der Waals surface area (Å²) in [5.74, 6) is -0.994. The third kappa shape index (κ3) is 5.64. The lowest BCUT2D eigenvalue weighted by Gasteiger charge is -2.17. The molecule has 27 heavy (non-hydrogen) atoms. The van der Waals surface area contributed by atoms with Gasteiger partial charge in [-0.25, -0.2) is 0 Å². The van der Waals surface area contributed by atoms with E-state index in [2.05, 4.69) is 5.32 Å². The summed E-state index contributed by atoms with van der Waals surface area (Å²) in [6.45, 7) is -0.312. The van der Waals surface area contributed by atoms with E-state index in [4.69, 9.17) is 11.6 Å². The van der Waals surface area contributed by atoms with E-state index in [0.29, 0.717) is 5.56 Å². The van der Waals surface area contributed by atoms with Crippen molar-refractivity contribution < 1.29 is 22.8 Å². The Balaban J connectivity index is 2.03. The number of alkyl halides is 3. The fourth-order valence-electron chi connectivity index (χ4n) is 2.26. The van der Waals surface area contributed by atoms with Crippen molar-refractivity contribution in [3.8, 4) is 0 Å². The van der Waals surface area contributed by atoms with E-state index >= 15 is 0 Å². The van der Waals surface area contributed by atoms with E-state index < -0.39 is 22.7 Å². The van der Waals surface area contributed by atoms with Gasteiger partial charge in [0.05, 0.1) is 17.1 Å². The molecule has 0 aliphatic rings. The lowest BCUT2D eigenvalue weighted by molar-refractivity contribution is -0.137. The number of rotatable bonds is 5. The zero-order chi connectivity index (χ0) is 20.2. The second-order valence-corrected chi connectivity index (χ2v) is 6.92. The van der Waals surface area contributed by atoms with Gasteiger partial charge in [0.2, 0.25) is 5.91 Å². The lowest BCUT2D eigenvalue weighted by Crippen LogP contribution is -2.34. The van der Waals surface area contributed by atoms with Crippen molar-refractivity contribution in [1.82, 2.24) is 4.90 Å². The van der Waals surface area contributed by atoms with Crippen LogP contribution in [-0.4, -0.2) is 36.6 Å². The minimum Gasteiger partial charge on any atom is -0.332 e. The monoisotopic (exact) mass is 416 g/mol. The summed E-state index contributed by atoms with van der Waals surface area (Å²) in [4.78, 5) is 26.6. The first-order valence-electron chi connectivity index (χ1n) is 7.68. The standard InChI is InChI=1S/C18H16ClF3N2O2S/c1-24(17(26)11-3-6-13(27-2)7-4-11)10-16(25)23-12-5-8-15(19)14(9-12)18(20,21)22/h3-9H,10H2,1-2H3,(H,23,25). The molecule has 1 N–H and O–H groups in total. The van der Waals surface area contributed by atoms with E-state index in [1.54, 1.807) is 24.3 Å². The van der Waals surface area contributed by atoms with Gasteiger partial charge in [-0.1, -0.05) is 11.6 Å². The van der Waals surface area contributed by atoms with Gasteiger partial charge in [-0.2, -0.15) is 13.2 Å². The third-order valence-electron chi connectivity index (χ3n) is 3.62. The molecule has 0 aromatic heterocycles. The largest absolute Gasteiger partial charge is 0.417 e. The van der Waals surface area contributed by atoms with E-state index in [9.17, 15) is 22.8 Å². The number of hydrogen-bond acceptors (Lipinski definition) is 3. The van der Waals surface area contributed by atoms with Gasteiger partial charge in [0.25, 0.3) is 5.91 Å². The van der Waals surface area contributed by atoms with Gasteiger partial charge in [-0.3, -0.25) is 9.59 Å². The van der Waals surface area contributed by atoms with Gasteiger partial charge >= 0.3 is 6.18 Å². The molecule has 0 saturated heterocycles. The van der Waals surface area contributed by atoms with Gasteiger partial charge in [0.1, 0.15) is 0 Å². The molecule has 0 saturated carbocycles. The van der Waals surface area contributed by atoms with Crippen molar-refractivity contribution >= 4 is 40.9 Å². The maximum absolute atomic E-state index is 12.9. The highest BCUT2D eigenvalue weighted by Crippen LogP contribution is 2.36. The number of benzene rings is 2. The topological polar surface area (TPSA) is 49.4 Å². The molecule has 0 unspecified atom stereocenters. The number of anilines is 1. The van der Waals surface area contributed by atoms with Crippen molar-refractivity contribution in [2.24, 2.45) is 0 Å². The molecule has 0 atom stereocenters. The van der Waals surface area contributed by atoms with Crippen LogP contribution in [0.3, 0.4) is 0 Å². The SMILES string of the molecule is CSc1ccc(C(=O)N(C)CC(=O)Nc2ccc(Cl)c(C(F)(F)F)c2)cc1. The quantitative estimate of drug-likeness (QED) is 0.713. The van der Waals surface area contributed by atoms with Crippen LogP contribution in [-0.2, 0) is 11.0 Å². The molecule has 0 fully saturated rings. The minimum atomic E-state index is -4.63. The van der Waals surface area contributed by atoms with E-state index in [-0.39, 0.29) is 18.1 Å². The van der Waals surface area contributed by atoms with Crippen LogP contribution in [0.1, 0.15) is 15.9 Å². The molecule has 2 aromatic rings. The van der Waals surface area contributed by atoms with Crippen molar-refractivity contribution in [3.63, 3.8) is 0 Å². The Hall–Kier alpha value is -2.19. The van der Waals surface area contributed by atoms with Crippen LogP contribution < -0.4 is 5.32 Å². The Bertz CT molecular complexity index is 841. The Kier molecular flexibility index (Phi) is 6.78. The summed E-state index contributed by atoms with van der Waals surface area (Å²) in [6, 6.07) is 9.95. The maximum atomic E-state index is 12.9. The fourth-order valence-corrected chi connectivity index (χ4v) is 2.89. The van der Waals surface area contributed by atoms with Gasteiger partial charge < -0.3 is 10.2 Å². The average molecular weight is 417 g/mol. The molecule has 0 aliphatic heterocycles. The number of carbonyl (C=O) groups is 2. The van der Waals surface area contributed by atoms with Crippen molar-refractivity contribution in [2.45, 2.75) is 11.1 Å². The summed E-state index contributed by atoms with van der Waals surface area (Å²) < 4.78 is 38.6. The fraction of sp³-hybridized carbons (Fsp3) is 0.222. The zero-order valence-electron chi connectivity index (χ0n) is 14.4. The molecular weight excluding hydrogens is 401 g/mol. The number of nitrogens with one attached hydrogen (secondary N) is 1. The van der Waals surface area contributed by atoms with Crippen LogP contribution in [0, 0.1) is 0 Å². The molecule has 0 bridgehead atoms. The first-order chi connectivity index (χ1) is 12.6. The molecule has 2 amide bonds. The molecule has 0 aliphatic carbocycles. The molecule has 0 radical (unpaired) electrons. The van der Waals surface area contributed by atoms with E-state index in [1.165, 1.54) is 29.8 Å². The summed E-state index contributed by atoms with van der Waals surface area (Å²) in [5, 5.41) is 1.89. The molecule has 2 aromatic carbocycles. The predicted molar refractivity (Wildman–Crippen MR) is 100 cm³/mol. The number of hydrogen-bond donors (Lipinski definition) is 1. The molecule has 2 rings (SSSR count). The predicted octanol–water partition coefficient (Wildman–Crippen LogP) is 4.79. The Labute approximate surface area is 163 Å². The van der Waals surface area contributed by atoms with Crippen LogP contribution in [0.2, 0.25) is 5.02 Å². The highest BCUT2D eigenvalue weighted by atomic mass is 35.5. The smallest absolute Gasteiger partial charge is 0.332 e. The van der Waals surface area contributed by atoms with Gasteiger partial charge in [0.15, 0.2) is 0 Å². The number of amides is 2. The van der Waals surface area contributed by atoms with Gasteiger partial charge in [-0.05, 0) is 48.7 Å². The van der Waals surface area contributed by atoms with Crippen LogP contribution in [0.25, 0.3) is 0 Å². The summed E-state index contributed by atoms with van der Waals surface area (Å²) in [6.07, 6.45) is -2.72. The number of carbonyl (C=O) groups excluding carboxylic acids is 2. The van der Waals surface area contributed by atoms with E-state index in [1.807, 2.05) is 6.26 Å². The second kappa shape index (κ2) is 8.67. The number of thioether (sulfide) groups is 1. The van der Waals surface area contributed by atoms with E-state index in [0.717, 1.165) is 17.0 Å². The molecular formula is C18H16ClF3N2O2S. The molecule has 0 spiro atoms. The Morgan fingerprint density at radius 3 is 2.33 bits per heavy atom. The summed E-state index contributed by atoms with van der Waals surface area (Å²) in [5.41, 5.74) is -0.684. The first kappa shape index (κ1) is 21.1. The third-order valence-corrected chi connectivity index (χ3v) is 4.69. The second-order valence-electron chi connectivity index (χ2n) is 5.63. The van der Waals surface area contributed by atoms with Crippen LogP contribution in [0.15, 0.2) is 47.4 Å². The Morgan fingerprint density at radius 2 is 1.78 bits per heavy atom. The molecule has 4 nitrogen and oxygen atoms in total. The minimum absolute atomic E-state index is 0.0538. The maximum Gasteiger partial charge on any atom is 0.417 e. The van der Waals surface area contributed by atoms with Gasteiger partial charge in [-0.15, -0.1) is 11.8 Å².